The summed E-state index contributed by atoms with van der Waals surface area (Å²) in [6, 6.07) is 6.71. The number of benzene rings is 1. The molecule has 2 heterocycles. The lowest BCUT2D eigenvalue weighted by Crippen LogP contribution is -2.40. The van der Waals surface area contributed by atoms with Crippen molar-refractivity contribution in [2.24, 2.45) is 0 Å². The van der Waals surface area contributed by atoms with Crippen LogP contribution in [0.25, 0.3) is 0 Å². The molecule has 1 aliphatic rings. The van der Waals surface area contributed by atoms with Crippen LogP contribution in [0.3, 0.4) is 0 Å². The zero-order valence-electron chi connectivity index (χ0n) is 15.7. The van der Waals surface area contributed by atoms with Crippen molar-refractivity contribution in [2.45, 2.75) is 24.7 Å². The highest BCUT2D eigenvalue weighted by Gasteiger charge is 2.29. The van der Waals surface area contributed by atoms with Crippen LogP contribution in [-0.2, 0) is 26.0 Å². The van der Waals surface area contributed by atoms with Crippen molar-refractivity contribution < 1.29 is 22.7 Å². The van der Waals surface area contributed by atoms with Crippen LogP contribution in [0.2, 0.25) is 0 Å². The largest absolute Gasteiger partial charge is 0.492 e. The molecule has 28 heavy (non-hydrogen) atoms. The Morgan fingerprint density at radius 1 is 1.29 bits per heavy atom. The highest BCUT2D eigenvalue weighted by atomic mass is 32.2. The van der Waals surface area contributed by atoms with Gasteiger partial charge in [-0.15, -0.1) is 0 Å². The molecule has 1 aliphatic heterocycles. The molecule has 152 valence electrons. The van der Waals surface area contributed by atoms with Crippen LogP contribution < -0.4 is 10.1 Å². The van der Waals surface area contributed by atoms with E-state index in [2.05, 4.69) is 5.32 Å². The van der Waals surface area contributed by atoms with Gasteiger partial charge in [0.2, 0.25) is 15.9 Å². The maximum atomic E-state index is 13.1. The van der Waals surface area contributed by atoms with Gasteiger partial charge in [-0.3, -0.25) is 4.79 Å². The second kappa shape index (κ2) is 9.51. The van der Waals surface area contributed by atoms with Crippen molar-refractivity contribution in [3.05, 3.63) is 40.6 Å². The summed E-state index contributed by atoms with van der Waals surface area (Å²) in [5.41, 5.74) is 1.55. The van der Waals surface area contributed by atoms with E-state index in [0.29, 0.717) is 51.4 Å². The van der Waals surface area contributed by atoms with Crippen molar-refractivity contribution in [3.63, 3.8) is 0 Å². The second-order valence-corrected chi connectivity index (χ2v) is 8.98. The molecular weight excluding hydrogens is 400 g/mol. The lowest BCUT2D eigenvalue weighted by atomic mass is 10.2. The molecule has 7 nitrogen and oxygen atoms in total. The van der Waals surface area contributed by atoms with E-state index >= 15 is 0 Å². The number of anilines is 1. The number of thiophene rings is 1. The number of amides is 1. The average molecular weight is 425 g/mol. The van der Waals surface area contributed by atoms with Crippen LogP contribution in [0.1, 0.15) is 18.9 Å². The van der Waals surface area contributed by atoms with E-state index < -0.39 is 10.0 Å². The van der Waals surface area contributed by atoms with Crippen molar-refractivity contribution in [3.8, 4) is 5.75 Å². The van der Waals surface area contributed by atoms with Gasteiger partial charge >= 0.3 is 0 Å². The first kappa shape index (κ1) is 20.8. The standard InChI is InChI=1S/C19H24N2O5S2/c1-2-26-17-5-4-16(20-19(22)6-3-15-7-12-27-14-15)13-18(17)28(23,24)21-8-10-25-11-9-21/h4-5,7,12-14H,2-3,6,8-11H2,1H3,(H,20,22). The number of sulfonamides is 1. The van der Waals surface area contributed by atoms with Gasteiger partial charge in [-0.05, 0) is 53.9 Å². The SMILES string of the molecule is CCOc1ccc(NC(=O)CCc2ccsc2)cc1S(=O)(=O)N1CCOCC1. The van der Waals surface area contributed by atoms with E-state index in [1.165, 1.54) is 10.4 Å². The molecule has 1 aromatic heterocycles. The molecule has 0 saturated carbocycles. The third-order valence-electron chi connectivity index (χ3n) is 4.34. The van der Waals surface area contributed by atoms with Crippen LogP contribution in [0, 0.1) is 0 Å². The number of hydrogen-bond donors (Lipinski definition) is 1. The minimum Gasteiger partial charge on any atom is -0.492 e. The third-order valence-corrected chi connectivity index (χ3v) is 6.99. The summed E-state index contributed by atoms with van der Waals surface area (Å²) in [5, 5.41) is 6.78. The van der Waals surface area contributed by atoms with Gasteiger partial charge in [0.05, 0.1) is 19.8 Å². The van der Waals surface area contributed by atoms with Crippen LogP contribution in [0.4, 0.5) is 5.69 Å². The van der Waals surface area contributed by atoms with Crippen LogP contribution in [0.5, 0.6) is 5.75 Å². The minimum atomic E-state index is -3.74. The molecule has 0 spiro atoms. The van der Waals surface area contributed by atoms with Crippen molar-refractivity contribution in [2.75, 3.05) is 38.2 Å². The molecule has 0 radical (unpaired) electrons. The zero-order chi connectivity index (χ0) is 20.0. The lowest BCUT2D eigenvalue weighted by Gasteiger charge is -2.27. The Balaban J connectivity index is 1.77. The van der Waals surface area contributed by atoms with Gasteiger partial charge in [-0.2, -0.15) is 15.6 Å². The van der Waals surface area contributed by atoms with E-state index in [4.69, 9.17) is 9.47 Å². The Morgan fingerprint density at radius 2 is 2.07 bits per heavy atom. The van der Waals surface area contributed by atoms with Gasteiger partial charge in [0.25, 0.3) is 0 Å². The quantitative estimate of drug-likeness (QED) is 0.704. The first-order valence-electron chi connectivity index (χ1n) is 9.16. The summed E-state index contributed by atoms with van der Waals surface area (Å²) < 4.78 is 38.3. The number of nitrogens with one attached hydrogen (secondary N) is 1. The maximum absolute atomic E-state index is 13.1. The zero-order valence-corrected chi connectivity index (χ0v) is 17.4. The third kappa shape index (κ3) is 5.11. The van der Waals surface area contributed by atoms with Crippen LogP contribution in [0.15, 0.2) is 39.9 Å². The summed E-state index contributed by atoms with van der Waals surface area (Å²) in [5.74, 6) is 0.121. The fraction of sp³-hybridized carbons (Fsp3) is 0.421. The number of carbonyl (C=O) groups is 1. The number of morpholine rings is 1. The smallest absolute Gasteiger partial charge is 0.246 e. The van der Waals surface area contributed by atoms with Crippen molar-refractivity contribution in [1.29, 1.82) is 0 Å². The van der Waals surface area contributed by atoms with Crippen molar-refractivity contribution in [1.82, 2.24) is 4.31 Å². The molecule has 1 amide bonds. The molecule has 9 heteroatoms. The second-order valence-electron chi connectivity index (χ2n) is 6.29. The van der Waals surface area contributed by atoms with Gasteiger partial charge in [0.15, 0.2) is 0 Å². The van der Waals surface area contributed by atoms with Gasteiger partial charge in [0, 0.05) is 25.2 Å². The molecule has 0 atom stereocenters. The summed E-state index contributed by atoms with van der Waals surface area (Å²) in [6.07, 6.45) is 0.973. The number of nitrogens with zero attached hydrogens (tertiary/aromatic N) is 1. The summed E-state index contributed by atoms with van der Waals surface area (Å²) >= 11 is 1.59. The first-order valence-corrected chi connectivity index (χ1v) is 11.5. The van der Waals surface area contributed by atoms with E-state index in [-0.39, 0.29) is 16.6 Å². The summed E-state index contributed by atoms with van der Waals surface area (Å²) in [7, 11) is -3.74. The predicted octanol–water partition coefficient (Wildman–Crippen LogP) is 2.74. The normalized spacial score (nSPS) is 15.3. The first-order chi connectivity index (χ1) is 13.5. The van der Waals surface area contributed by atoms with Crippen molar-refractivity contribution >= 4 is 33.0 Å². The molecule has 2 aromatic rings. The molecule has 1 N–H and O–H groups in total. The molecule has 0 unspecified atom stereocenters. The Bertz CT molecular complexity index is 891. The fourth-order valence-electron chi connectivity index (χ4n) is 2.90. The monoisotopic (exact) mass is 424 g/mol. The predicted molar refractivity (Wildman–Crippen MR) is 108 cm³/mol. The Labute approximate surface area is 169 Å². The number of carbonyl (C=O) groups excluding carboxylic acids is 1. The number of hydrogen-bond acceptors (Lipinski definition) is 6. The average Bonchev–Trinajstić information content (AvgIpc) is 3.22. The van der Waals surface area contributed by atoms with Crippen LogP contribution >= 0.6 is 11.3 Å². The number of rotatable bonds is 8. The van der Waals surface area contributed by atoms with E-state index in [0.717, 1.165) is 5.56 Å². The van der Waals surface area contributed by atoms with Gasteiger partial charge in [0.1, 0.15) is 10.6 Å². The van der Waals surface area contributed by atoms with Gasteiger partial charge in [-0.1, -0.05) is 0 Å². The van der Waals surface area contributed by atoms with Gasteiger partial charge < -0.3 is 14.8 Å². The highest BCUT2D eigenvalue weighted by Crippen LogP contribution is 2.30. The van der Waals surface area contributed by atoms with E-state index in [9.17, 15) is 13.2 Å². The van der Waals surface area contributed by atoms with E-state index in [1.54, 1.807) is 30.4 Å². The summed E-state index contributed by atoms with van der Waals surface area (Å²) in [4.78, 5) is 12.3. The maximum Gasteiger partial charge on any atom is 0.246 e. The van der Waals surface area contributed by atoms with Gasteiger partial charge in [-0.25, -0.2) is 8.42 Å². The van der Waals surface area contributed by atoms with E-state index in [1.807, 2.05) is 16.8 Å². The number of aryl methyl sites for hydroxylation is 1. The topological polar surface area (TPSA) is 84.9 Å². The molecule has 3 rings (SSSR count). The molecular formula is C19H24N2O5S2. The fourth-order valence-corrected chi connectivity index (χ4v) is 5.17. The lowest BCUT2D eigenvalue weighted by molar-refractivity contribution is -0.116. The Kier molecular flexibility index (Phi) is 7.06. The highest BCUT2D eigenvalue weighted by molar-refractivity contribution is 7.89. The number of ether oxygens (including phenoxy) is 2. The molecule has 1 saturated heterocycles. The molecule has 1 fully saturated rings. The Hall–Kier alpha value is -1.94. The Morgan fingerprint density at radius 3 is 2.75 bits per heavy atom. The minimum absolute atomic E-state index is 0.0619. The molecule has 0 bridgehead atoms. The molecule has 1 aromatic carbocycles. The summed E-state index contributed by atoms with van der Waals surface area (Å²) in [6.45, 7) is 3.46. The molecule has 0 aliphatic carbocycles. The van der Waals surface area contributed by atoms with Crippen LogP contribution in [-0.4, -0.2) is 51.5 Å².